The van der Waals surface area contributed by atoms with Crippen LogP contribution in [-0.2, 0) is 0 Å². The maximum atomic E-state index is 6.06. The summed E-state index contributed by atoms with van der Waals surface area (Å²) >= 11 is 7.60. The Hall–Kier alpha value is -1.14. The molecule has 2 aromatic heterocycles. The molecule has 3 heterocycles. The number of anilines is 1. The summed E-state index contributed by atoms with van der Waals surface area (Å²) in [6.45, 7) is 2.00. The van der Waals surface area contributed by atoms with Gasteiger partial charge in [-0.25, -0.2) is 15.0 Å². The van der Waals surface area contributed by atoms with Gasteiger partial charge in [-0.15, -0.1) is 11.8 Å². The van der Waals surface area contributed by atoms with Crippen molar-refractivity contribution >= 4 is 40.2 Å². The first-order chi connectivity index (χ1) is 9.29. The van der Waals surface area contributed by atoms with Gasteiger partial charge in [0.15, 0.2) is 5.82 Å². The maximum Gasteiger partial charge on any atom is 0.225 e. The Kier molecular flexibility index (Phi) is 3.70. The molecule has 3 rings (SSSR count). The number of thioether (sulfide) groups is 1. The molecule has 19 heavy (non-hydrogen) atoms. The van der Waals surface area contributed by atoms with E-state index in [4.69, 9.17) is 11.6 Å². The van der Waals surface area contributed by atoms with E-state index in [2.05, 4.69) is 24.8 Å². The van der Waals surface area contributed by atoms with Gasteiger partial charge in [0.05, 0.1) is 0 Å². The lowest BCUT2D eigenvalue weighted by Crippen LogP contribution is -2.30. The zero-order chi connectivity index (χ0) is 13.2. The third-order valence-electron chi connectivity index (χ3n) is 3.25. The van der Waals surface area contributed by atoms with Crippen LogP contribution >= 0.6 is 23.4 Å². The van der Waals surface area contributed by atoms with Crippen LogP contribution in [0.4, 0.5) is 5.82 Å². The molecule has 5 nitrogen and oxygen atoms in total. The van der Waals surface area contributed by atoms with Crippen LogP contribution in [0.15, 0.2) is 11.4 Å². The van der Waals surface area contributed by atoms with Gasteiger partial charge in [0.2, 0.25) is 5.28 Å². The lowest BCUT2D eigenvalue weighted by atomic mass is 10.1. The molecule has 0 saturated carbocycles. The Labute approximate surface area is 120 Å². The van der Waals surface area contributed by atoms with Crippen molar-refractivity contribution in [1.29, 1.82) is 0 Å². The van der Waals surface area contributed by atoms with Crippen LogP contribution in [0.25, 0.3) is 11.0 Å². The summed E-state index contributed by atoms with van der Waals surface area (Å²) in [5.74, 6) is 0.840. The van der Waals surface area contributed by atoms with Crippen molar-refractivity contribution in [3.8, 4) is 0 Å². The summed E-state index contributed by atoms with van der Waals surface area (Å²) < 4.78 is 0. The largest absolute Gasteiger partial charge is 0.355 e. The minimum atomic E-state index is 0.262. The molecule has 0 bridgehead atoms. The van der Waals surface area contributed by atoms with E-state index in [-0.39, 0.29) is 5.28 Å². The molecular weight excluding hydrogens is 282 g/mol. The molecule has 0 aromatic carbocycles. The fourth-order valence-corrected chi connectivity index (χ4v) is 3.01. The lowest BCUT2D eigenvalue weighted by Gasteiger charge is -2.28. The van der Waals surface area contributed by atoms with E-state index in [1.165, 1.54) is 19.3 Å². The van der Waals surface area contributed by atoms with Crippen LogP contribution < -0.4 is 4.90 Å². The van der Waals surface area contributed by atoms with Gasteiger partial charge in [-0.05, 0) is 37.1 Å². The van der Waals surface area contributed by atoms with Crippen LogP contribution in [0.1, 0.15) is 19.3 Å². The summed E-state index contributed by atoms with van der Waals surface area (Å²) in [6, 6.07) is 0. The Balaban J connectivity index is 2.17. The maximum absolute atomic E-state index is 6.06. The van der Waals surface area contributed by atoms with Crippen molar-refractivity contribution in [1.82, 2.24) is 19.9 Å². The first-order valence-electron chi connectivity index (χ1n) is 6.27. The van der Waals surface area contributed by atoms with E-state index >= 15 is 0 Å². The summed E-state index contributed by atoms with van der Waals surface area (Å²) in [5, 5.41) is 1.10. The molecule has 0 aliphatic carbocycles. The Morgan fingerprint density at radius 1 is 1.11 bits per heavy atom. The number of fused-ring (bicyclic) bond motifs is 1. The van der Waals surface area contributed by atoms with Crippen molar-refractivity contribution in [2.45, 2.75) is 24.3 Å². The van der Waals surface area contributed by atoms with Crippen LogP contribution in [0, 0.1) is 0 Å². The molecule has 1 fully saturated rings. The third kappa shape index (κ3) is 2.47. The second-order valence-corrected chi connectivity index (χ2v) is 5.58. The van der Waals surface area contributed by atoms with E-state index in [0.29, 0.717) is 0 Å². The zero-order valence-electron chi connectivity index (χ0n) is 10.6. The second kappa shape index (κ2) is 5.46. The van der Waals surface area contributed by atoms with Gasteiger partial charge in [0.25, 0.3) is 0 Å². The Morgan fingerprint density at radius 3 is 2.63 bits per heavy atom. The van der Waals surface area contributed by atoms with E-state index < -0.39 is 0 Å². The molecular formula is C12H14ClN5S. The predicted molar refractivity (Wildman–Crippen MR) is 78.0 cm³/mol. The number of rotatable bonds is 2. The molecule has 0 atom stereocenters. The van der Waals surface area contributed by atoms with Gasteiger partial charge in [-0.1, -0.05) is 0 Å². The highest BCUT2D eigenvalue weighted by atomic mass is 35.5. The van der Waals surface area contributed by atoms with Crippen LogP contribution in [-0.4, -0.2) is 39.3 Å². The van der Waals surface area contributed by atoms with Gasteiger partial charge in [0, 0.05) is 13.1 Å². The summed E-state index contributed by atoms with van der Waals surface area (Å²) in [4.78, 5) is 19.5. The quantitative estimate of drug-likeness (QED) is 0.482. The number of hydrogen-bond acceptors (Lipinski definition) is 6. The Morgan fingerprint density at radius 2 is 1.89 bits per heavy atom. The second-order valence-electron chi connectivity index (χ2n) is 4.44. The Bertz CT molecular complexity index is 600. The highest BCUT2D eigenvalue weighted by Crippen LogP contribution is 2.29. The van der Waals surface area contributed by atoms with E-state index in [0.717, 1.165) is 35.0 Å². The van der Waals surface area contributed by atoms with Crippen molar-refractivity contribution in [2.24, 2.45) is 0 Å². The predicted octanol–water partition coefficient (Wildman–Crippen LogP) is 2.79. The molecule has 0 spiro atoms. The zero-order valence-corrected chi connectivity index (χ0v) is 12.2. The van der Waals surface area contributed by atoms with Crippen molar-refractivity contribution < 1.29 is 0 Å². The average Bonchev–Trinajstić information content (AvgIpc) is 2.46. The number of aromatic nitrogens is 4. The van der Waals surface area contributed by atoms with Crippen LogP contribution in [0.5, 0.6) is 0 Å². The number of hydrogen-bond donors (Lipinski definition) is 0. The van der Waals surface area contributed by atoms with Crippen molar-refractivity contribution in [3.63, 3.8) is 0 Å². The third-order valence-corrected chi connectivity index (χ3v) is 4.11. The normalized spacial score (nSPS) is 16.0. The van der Waals surface area contributed by atoms with Gasteiger partial charge >= 0.3 is 0 Å². The number of piperidine rings is 1. The highest BCUT2D eigenvalue weighted by molar-refractivity contribution is 7.98. The van der Waals surface area contributed by atoms with Crippen molar-refractivity contribution in [3.05, 3.63) is 11.6 Å². The number of nitrogens with zero attached hydrogens (tertiary/aromatic N) is 5. The molecule has 2 aromatic rings. The topological polar surface area (TPSA) is 54.8 Å². The molecule has 1 saturated heterocycles. The number of halogens is 1. The SMILES string of the molecule is CSc1ncnc2c(N3CCCCC3)nc(Cl)nc12. The standard InChI is InChI=1S/C12H14ClN5S/c1-19-11-9-8(14-7-15-11)10(17-12(13)16-9)18-5-3-2-4-6-18/h7H,2-6H2,1H3. The molecule has 0 unspecified atom stereocenters. The minimum absolute atomic E-state index is 0.262. The molecule has 0 amide bonds. The first kappa shape index (κ1) is 12.9. The van der Waals surface area contributed by atoms with Gasteiger partial charge in [0.1, 0.15) is 22.4 Å². The summed E-state index contributed by atoms with van der Waals surface area (Å²) in [7, 11) is 0. The minimum Gasteiger partial charge on any atom is -0.355 e. The van der Waals surface area contributed by atoms with Gasteiger partial charge in [-0.3, -0.25) is 0 Å². The highest BCUT2D eigenvalue weighted by Gasteiger charge is 2.19. The monoisotopic (exact) mass is 295 g/mol. The summed E-state index contributed by atoms with van der Waals surface area (Å²) in [5.41, 5.74) is 1.54. The molecule has 1 aliphatic rings. The fourth-order valence-electron chi connectivity index (χ4n) is 2.36. The molecule has 1 aliphatic heterocycles. The summed E-state index contributed by atoms with van der Waals surface area (Å²) in [6.07, 6.45) is 7.18. The van der Waals surface area contributed by atoms with Crippen LogP contribution in [0.3, 0.4) is 0 Å². The lowest BCUT2D eigenvalue weighted by molar-refractivity contribution is 0.574. The molecule has 0 radical (unpaired) electrons. The van der Waals surface area contributed by atoms with E-state index in [1.54, 1.807) is 18.1 Å². The van der Waals surface area contributed by atoms with Gasteiger partial charge in [-0.2, -0.15) is 4.98 Å². The van der Waals surface area contributed by atoms with E-state index in [1.807, 2.05) is 6.26 Å². The molecule has 100 valence electrons. The van der Waals surface area contributed by atoms with Crippen molar-refractivity contribution in [2.75, 3.05) is 24.2 Å². The van der Waals surface area contributed by atoms with Gasteiger partial charge < -0.3 is 4.90 Å². The smallest absolute Gasteiger partial charge is 0.225 e. The average molecular weight is 296 g/mol. The van der Waals surface area contributed by atoms with E-state index in [9.17, 15) is 0 Å². The first-order valence-corrected chi connectivity index (χ1v) is 7.87. The molecule has 0 N–H and O–H groups in total. The molecule has 7 heteroatoms. The van der Waals surface area contributed by atoms with Crippen LogP contribution in [0.2, 0.25) is 5.28 Å². The fraction of sp³-hybridized carbons (Fsp3) is 0.500.